The maximum atomic E-state index is 12.7. The van der Waals surface area contributed by atoms with Crippen LogP contribution in [0.3, 0.4) is 0 Å². The fourth-order valence-corrected chi connectivity index (χ4v) is 4.32. The van der Waals surface area contributed by atoms with Crippen LogP contribution in [0.2, 0.25) is 0 Å². The second-order valence-corrected chi connectivity index (χ2v) is 8.10. The molecular weight excluding hydrogens is 284 g/mol. The van der Waals surface area contributed by atoms with E-state index in [1.54, 1.807) is 19.2 Å². The number of hydrogen-bond donors (Lipinski definition) is 1. The molecule has 2 rings (SSSR count). The van der Waals surface area contributed by atoms with Gasteiger partial charge in [0.05, 0.1) is 4.90 Å². The Morgan fingerprint density at radius 1 is 1.29 bits per heavy atom. The number of benzene rings is 1. The van der Waals surface area contributed by atoms with E-state index in [-0.39, 0.29) is 0 Å². The van der Waals surface area contributed by atoms with Gasteiger partial charge in [0.1, 0.15) is 0 Å². The highest BCUT2D eigenvalue weighted by Gasteiger charge is 2.25. The van der Waals surface area contributed by atoms with Crippen molar-refractivity contribution in [2.45, 2.75) is 44.0 Å². The van der Waals surface area contributed by atoms with E-state index >= 15 is 0 Å². The van der Waals surface area contributed by atoms with Gasteiger partial charge >= 0.3 is 0 Å². The van der Waals surface area contributed by atoms with Gasteiger partial charge in [0, 0.05) is 20.1 Å². The predicted octanol–water partition coefficient (Wildman–Crippen LogP) is 2.53. The summed E-state index contributed by atoms with van der Waals surface area (Å²) in [7, 11) is 0.189. The maximum absolute atomic E-state index is 12.7. The van der Waals surface area contributed by atoms with Gasteiger partial charge in [-0.3, -0.25) is 0 Å². The summed E-state index contributed by atoms with van der Waals surface area (Å²) in [5.74, 6) is 0.520. The molecule has 21 heavy (non-hydrogen) atoms. The van der Waals surface area contributed by atoms with E-state index in [0.717, 1.165) is 24.0 Å². The molecule has 0 spiro atoms. The van der Waals surface area contributed by atoms with Gasteiger partial charge in [-0.05, 0) is 56.0 Å². The summed E-state index contributed by atoms with van der Waals surface area (Å²) < 4.78 is 26.9. The van der Waals surface area contributed by atoms with Crippen LogP contribution in [0.5, 0.6) is 0 Å². The molecule has 1 aliphatic rings. The zero-order valence-corrected chi connectivity index (χ0v) is 14.0. The Kier molecular flexibility index (Phi) is 5.41. The summed E-state index contributed by atoms with van der Waals surface area (Å²) in [6, 6.07) is 5.41. The average molecular weight is 310 g/mol. The summed E-state index contributed by atoms with van der Waals surface area (Å²) in [6.45, 7) is 3.32. The molecule has 1 aliphatic carbocycles. The van der Waals surface area contributed by atoms with E-state index in [1.807, 2.05) is 20.0 Å². The zero-order chi connectivity index (χ0) is 15.5. The van der Waals surface area contributed by atoms with Crippen LogP contribution >= 0.6 is 0 Å². The topological polar surface area (TPSA) is 49.4 Å². The maximum Gasteiger partial charge on any atom is 0.242 e. The molecule has 4 nitrogen and oxygen atoms in total. The van der Waals surface area contributed by atoms with Crippen molar-refractivity contribution in [3.8, 4) is 0 Å². The molecule has 5 heteroatoms. The Bertz CT molecular complexity index is 578. The Hall–Kier alpha value is -0.910. The van der Waals surface area contributed by atoms with Crippen LogP contribution < -0.4 is 5.32 Å². The molecule has 0 aliphatic heterocycles. The number of nitrogens with one attached hydrogen (secondary N) is 1. The summed E-state index contributed by atoms with van der Waals surface area (Å²) in [6.07, 6.45) is 4.77. The van der Waals surface area contributed by atoms with Gasteiger partial charge in [-0.2, -0.15) is 0 Å². The highest BCUT2D eigenvalue weighted by atomic mass is 32.2. The first kappa shape index (κ1) is 16.5. The molecule has 118 valence electrons. The zero-order valence-electron chi connectivity index (χ0n) is 13.2. The molecule has 0 unspecified atom stereocenters. The van der Waals surface area contributed by atoms with E-state index in [0.29, 0.717) is 23.9 Å². The highest BCUT2D eigenvalue weighted by Crippen LogP contribution is 2.27. The van der Waals surface area contributed by atoms with Gasteiger partial charge in [-0.15, -0.1) is 0 Å². The van der Waals surface area contributed by atoms with Crippen LogP contribution in [-0.2, 0) is 16.6 Å². The Morgan fingerprint density at radius 3 is 2.57 bits per heavy atom. The van der Waals surface area contributed by atoms with E-state index < -0.39 is 10.0 Å². The lowest BCUT2D eigenvalue weighted by molar-refractivity contribution is 0.387. The first-order chi connectivity index (χ1) is 9.95. The molecule has 0 aromatic heterocycles. The molecule has 1 fully saturated rings. The molecule has 0 atom stereocenters. The van der Waals surface area contributed by atoms with Crippen LogP contribution in [-0.4, -0.2) is 33.4 Å². The van der Waals surface area contributed by atoms with Crippen LogP contribution in [0.15, 0.2) is 23.1 Å². The lowest BCUT2D eigenvalue weighted by Crippen LogP contribution is -2.31. The van der Waals surface area contributed by atoms with E-state index in [9.17, 15) is 8.42 Å². The van der Waals surface area contributed by atoms with Crippen molar-refractivity contribution < 1.29 is 8.42 Å². The third-order valence-electron chi connectivity index (χ3n) is 4.39. The van der Waals surface area contributed by atoms with Crippen molar-refractivity contribution in [3.63, 3.8) is 0 Å². The second kappa shape index (κ2) is 6.90. The van der Waals surface area contributed by atoms with Gasteiger partial charge in [-0.25, -0.2) is 12.7 Å². The highest BCUT2D eigenvalue weighted by molar-refractivity contribution is 7.89. The number of hydrogen-bond acceptors (Lipinski definition) is 3. The molecule has 1 saturated carbocycles. The van der Waals surface area contributed by atoms with E-state index in [1.165, 1.54) is 17.1 Å². The van der Waals surface area contributed by atoms with Crippen LogP contribution in [0.25, 0.3) is 0 Å². The molecule has 0 bridgehead atoms. The first-order valence-corrected chi connectivity index (χ1v) is 9.09. The second-order valence-electron chi connectivity index (χ2n) is 6.05. The number of rotatable bonds is 6. The number of sulfonamides is 1. The van der Waals surface area contributed by atoms with Crippen molar-refractivity contribution in [1.82, 2.24) is 9.62 Å². The molecule has 0 amide bonds. The SMILES string of the molecule is CNCc1cc(S(=O)(=O)N(C)CC2CCCC2)ccc1C. The third kappa shape index (κ3) is 3.84. The molecule has 0 radical (unpaired) electrons. The summed E-state index contributed by atoms with van der Waals surface area (Å²) in [5.41, 5.74) is 2.15. The quantitative estimate of drug-likeness (QED) is 0.878. The normalized spacial score (nSPS) is 16.8. The number of aryl methyl sites for hydroxylation is 1. The first-order valence-electron chi connectivity index (χ1n) is 7.65. The Balaban J connectivity index is 2.19. The predicted molar refractivity (Wildman–Crippen MR) is 85.7 cm³/mol. The Labute approximate surface area is 128 Å². The van der Waals surface area contributed by atoms with E-state index in [2.05, 4.69) is 5.32 Å². The largest absolute Gasteiger partial charge is 0.316 e. The van der Waals surface area contributed by atoms with Crippen LogP contribution in [0, 0.1) is 12.8 Å². The average Bonchev–Trinajstić information content (AvgIpc) is 2.94. The standard InChI is InChI=1S/C16H26N2O2S/c1-13-8-9-16(10-15(13)11-17-2)21(19,20)18(3)12-14-6-4-5-7-14/h8-10,14,17H,4-7,11-12H2,1-3H3. The van der Waals surface area contributed by atoms with Crippen molar-refractivity contribution in [2.24, 2.45) is 5.92 Å². The third-order valence-corrected chi connectivity index (χ3v) is 6.21. The van der Waals surface area contributed by atoms with Gasteiger partial charge in [0.25, 0.3) is 0 Å². The lowest BCUT2D eigenvalue weighted by atomic mass is 10.1. The molecule has 1 N–H and O–H groups in total. The minimum atomic E-state index is -3.38. The van der Waals surface area contributed by atoms with Crippen molar-refractivity contribution >= 4 is 10.0 Å². The fraction of sp³-hybridized carbons (Fsp3) is 0.625. The monoisotopic (exact) mass is 310 g/mol. The minimum absolute atomic E-state index is 0.402. The van der Waals surface area contributed by atoms with Crippen molar-refractivity contribution in [1.29, 1.82) is 0 Å². The smallest absolute Gasteiger partial charge is 0.242 e. The summed E-state index contributed by atoms with van der Waals surface area (Å²) in [5, 5.41) is 3.08. The van der Waals surface area contributed by atoms with Gasteiger partial charge < -0.3 is 5.32 Å². The van der Waals surface area contributed by atoms with Gasteiger partial charge in [0.2, 0.25) is 10.0 Å². The molecular formula is C16H26N2O2S. The Morgan fingerprint density at radius 2 is 1.95 bits per heavy atom. The van der Waals surface area contributed by atoms with Crippen LogP contribution in [0.4, 0.5) is 0 Å². The molecule has 0 saturated heterocycles. The van der Waals surface area contributed by atoms with Crippen molar-refractivity contribution in [3.05, 3.63) is 29.3 Å². The summed E-state index contributed by atoms with van der Waals surface area (Å²) in [4.78, 5) is 0.402. The lowest BCUT2D eigenvalue weighted by Gasteiger charge is -2.21. The van der Waals surface area contributed by atoms with Crippen molar-refractivity contribution in [2.75, 3.05) is 20.6 Å². The van der Waals surface area contributed by atoms with Crippen LogP contribution in [0.1, 0.15) is 36.8 Å². The number of nitrogens with zero attached hydrogens (tertiary/aromatic N) is 1. The molecule has 1 aromatic carbocycles. The molecule has 1 aromatic rings. The molecule has 0 heterocycles. The van der Waals surface area contributed by atoms with E-state index in [4.69, 9.17) is 0 Å². The van der Waals surface area contributed by atoms with Gasteiger partial charge in [0.15, 0.2) is 0 Å². The fourth-order valence-electron chi connectivity index (χ4n) is 3.02. The minimum Gasteiger partial charge on any atom is -0.316 e. The summed E-state index contributed by atoms with van der Waals surface area (Å²) >= 11 is 0. The van der Waals surface area contributed by atoms with Gasteiger partial charge in [-0.1, -0.05) is 18.9 Å².